The largest absolute Gasteiger partial charge is 0.493 e. The van der Waals surface area contributed by atoms with Crippen molar-refractivity contribution >= 4 is 23.5 Å². The summed E-state index contributed by atoms with van der Waals surface area (Å²) in [5.41, 5.74) is 3.58. The highest BCUT2D eigenvalue weighted by molar-refractivity contribution is 6.04. The second-order valence-corrected chi connectivity index (χ2v) is 11.2. The van der Waals surface area contributed by atoms with E-state index in [-0.39, 0.29) is 18.1 Å². The molecule has 3 aromatic carbocycles. The molecule has 6 rings (SSSR count). The van der Waals surface area contributed by atoms with Crippen LogP contribution in [0.25, 0.3) is 0 Å². The van der Waals surface area contributed by atoms with Crippen molar-refractivity contribution in [2.75, 3.05) is 55.3 Å². The van der Waals surface area contributed by atoms with Gasteiger partial charge in [0, 0.05) is 37.2 Å². The fourth-order valence-electron chi connectivity index (χ4n) is 6.02. The smallest absolute Gasteiger partial charge is 0.256 e. The third-order valence-electron chi connectivity index (χ3n) is 8.49. The first-order chi connectivity index (χ1) is 23.0. The van der Waals surface area contributed by atoms with E-state index in [2.05, 4.69) is 10.1 Å². The van der Waals surface area contributed by atoms with Crippen molar-refractivity contribution in [2.45, 2.75) is 37.8 Å². The average Bonchev–Trinajstić information content (AvgIpc) is 3.78. The van der Waals surface area contributed by atoms with E-state index in [9.17, 15) is 4.79 Å². The van der Waals surface area contributed by atoms with Crippen molar-refractivity contribution in [1.29, 1.82) is 0 Å². The molecule has 0 spiro atoms. The van der Waals surface area contributed by atoms with Crippen molar-refractivity contribution in [1.82, 2.24) is 4.90 Å². The SMILES string of the molecule is COc1ccc(C2CC(c3cc(OC)c(OC)c(OC)c3)=NO2)cc1OCCCOc1cc2c(cc1OC)C(=O)N1CCC[C@H]1C=N2. The van der Waals surface area contributed by atoms with Gasteiger partial charge in [-0.05, 0) is 48.7 Å². The predicted molar refractivity (Wildman–Crippen MR) is 175 cm³/mol. The molecule has 47 heavy (non-hydrogen) atoms. The Balaban J connectivity index is 1.07. The van der Waals surface area contributed by atoms with Crippen molar-refractivity contribution < 1.29 is 42.8 Å². The van der Waals surface area contributed by atoms with E-state index in [0.717, 1.165) is 36.2 Å². The van der Waals surface area contributed by atoms with Gasteiger partial charge in [-0.1, -0.05) is 11.2 Å². The van der Waals surface area contributed by atoms with Crippen LogP contribution in [0.3, 0.4) is 0 Å². The second kappa shape index (κ2) is 14.1. The zero-order valence-electron chi connectivity index (χ0n) is 27.2. The molecule has 12 heteroatoms. The Morgan fingerprint density at radius 1 is 0.809 bits per heavy atom. The lowest BCUT2D eigenvalue weighted by Gasteiger charge is -2.20. The molecule has 0 aromatic heterocycles. The number of amides is 1. The summed E-state index contributed by atoms with van der Waals surface area (Å²) in [6, 6.07) is 12.9. The maximum absolute atomic E-state index is 13.1. The maximum Gasteiger partial charge on any atom is 0.256 e. The molecule has 3 aliphatic heterocycles. The summed E-state index contributed by atoms with van der Waals surface area (Å²) in [5, 5.41) is 4.36. The highest BCUT2D eigenvalue weighted by Crippen LogP contribution is 2.42. The lowest BCUT2D eigenvalue weighted by Crippen LogP contribution is -2.35. The minimum atomic E-state index is -0.313. The number of hydrogen-bond acceptors (Lipinski definition) is 11. The summed E-state index contributed by atoms with van der Waals surface area (Å²) in [6.07, 6.45) is 4.57. The summed E-state index contributed by atoms with van der Waals surface area (Å²) in [5.74, 6) is 3.79. The Bertz CT molecular complexity index is 1660. The van der Waals surface area contributed by atoms with E-state index in [1.54, 1.807) is 47.7 Å². The van der Waals surface area contributed by atoms with Gasteiger partial charge in [0.05, 0.1) is 71.8 Å². The van der Waals surface area contributed by atoms with E-state index < -0.39 is 0 Å². The number of methoxy groups -OCH3 is 5. The van der Waals surface area contributed by atoms with E-state index in [0.29, 0.717) is 77.6 Å². The fourth-order valence-corrected chi connectivity index (χ4v) is 6.02. The van der Waals surface area contributed by atoms with Gasteiger partial charge in [0.25, 0.3) is 5.91 Å². The Kier molecular flexibility index (Phi) is 9.55. The molecule has 0 radical (unpaired) electrons. The molecular weight excluding hydrogens is 606 g/mol. The van der Waals surface area contributed by atoms with Crippen LogP contribution in [0.2, 0.25) is 0 Å². The van der Waals surface area contributed by atoms with Crippen LogP contribution in [0.1, 0.15) is 53.3 Å². The Labute approximate surface area is 273 Å². The third-order valence-corrected chi connectivity index (χ3v) is 8.49. The number of ether oxygens (including phenoxy) is 7. The number of rotatable bonds is 13. The molecule has 0 aliphatic carbocycles. The molecule has 3 heterocycles. The number of fused-ring (bicyclic) bond motifs is 2. The number of carbonyl (C=O) groups excluding carboxylic acids is 1. The van der Waals surface area contributed by atoms with Gasteiger partial charge in [0.2, 0.25) is 5.75 Å². The van der Waals surface area contributed by atoms with Crippen LogP contribution in [-0.2, 0) is 4.84 Å². The van der Waals surface area contributed by atoms with E-state index in [1.807, 2.05) is 41.4 Å². The van der Waals surface area contributed by atoms with Gasteiger partial charge in [0.15, 0.2) is 40.6 Å². The Morgan fingerprint density at radius 2 is 1.51 bits per heavy atom. The molecule has 3 aliphatic rings. The quantitative estimate of drug-likeness (QED) is 0.214. The van der Waals surface area contributed by atoms with Gasteiger partial charge in [-0.25, -0.2) is 0 Å². The molecule has 248 valence electrons. The summed E-state index contributed by atoms with van der Waals surface area (Å²) >= 11 is 0. The molecule has 12 nitrogen and oxygen atoms in total. The monoisotopic (exact) mass is 645 g/mol. The van der Waals surface area contributed by atoms with Crippen molar-refractivity contribution in [3.05, 3.63) is 59.2 Å². The number of nitrogens with zero attached hydrogens (tertiary/aromatic N) is 3. The summed E-state index contributed by atoms with van der Waals surface area (Å²) < 4.78 is 39.8. The predicted octanol–water partition coefficient (Wildman–Crippen LogP) is 5.76. The third kappa shape index (κ3) is 6.45. The first-order valence-electron chi connectivity index (χ1n) is 15.5. The minimum absolute atomic E-state index is 0.0265. The van der Waals surface area contributed by atoms with Crippen LogP contribution in [-0.4, -0.2) is 84.1 Å². The van der Waals surface area contributed by atoms with Gasteiger partial charge >= 0.3 is 0 Å². The molecule has 1 amide bonds. The van der Waals surface area contributed by atoms with E-state index in [1.165, 1.54) is 0 Å². The fraction of sp³-hybridized carbons (Fsp3) is 0.400. The lowest BCUT2D eigenvalue weighted by atomic mass is 9.99. The van der Waals surface area contributed by atoms with Crippen LogP contribution in [0, 0.1) is 0 Å². The molecule has 2 atom stereocenters. The molecular formula is C35H39N3O9. The molecule has 1 fully saturated rings. The summed E-state index contributed by atoms with van der Waals surface area (Å²) in [4.78, 5) is 25.5. The molecule has 3 aromatic rings. The van der Waals surface area contributed by atoms with Crippen LogP contribution in [0.5, 0.6) is 40.2 Å². The zero-order valence-corrected chi connectivity index (χ0v) is 27.2. The van der Waals surface area contributed by atoms with Crippen molar-refractivity contribution in [3.63, 3.8) is 0 Å². The normalized spacial score (nSPS) is 18.0. The Morgan fingerprint density at radius 3 is 2.19 bits per heavy atom. The van der Waals surface area contributed by atoms with Gasteiger partial charge < -0.3 is 42.9 Å². The first kappa shape index (κ1) is 31.8. The maximum atomic E-state index is 13.1. The topological polar surface area (TPSA) is 119 Å². The molecule has 0 N–H and O–H groups in total. The summed E-state index contributed by atoms with van der Waals surface area (Å²) in [7, 11) is 7.89. The minimum Gasteiger partial charge on any atom is -0.493 e. The van der Waals surface area contributed by atoms with Gasteiger partial charge in [0.1, 0.15) is 0 Å². The Hall–Kier alpha value is -5.13. The molecule has 1 unspecified atom stereocenters. The van der Waals surface area contributed by atoms with Gasteiger partial charge in [-0.2, -0.15) is 0 Å². The van der Waals surface area contributed by atoms with Gasteiger partial charge in [-0.15, -0.1) is 0 Å². The average molecular weight is 646 g/mol. The van der Waals surface area contributed by atoms with E-state index in [4.69, 9.17) is 38.0 Å². The number of benzene rings is 3. The van der Waals surface area contributed by atoms with Crippen LogP contribution < -0.4 is 33.2 Å². The van der Waals surface area contributed by atoms with Gasteiger partial charge in [-0.3, -0.25) is 9.79 Å². The first-order valence-corrected chi connectivity index (χ1v) is 15.5. The number of aliphatic imine (C=N–C) groups is 1. The van der Waals surface area contributed by atoms with Crippen molar-refractivity contribution in [3.8, 4) is 40.2 Å². The lowest BCUT2D eigenvalue weighted by molar-refractivity contribution is 0.0774. The number of oxime groups is 1. The molecule has 1 saturated heterocycles. The van der Waals surface area contributed by atoms with Crippen LogP contribution >= 0.6 is 0 Å². The standard InChI is InChI=1S/C35H39N3O9/c1-40-27-10-9-21(28-18-25(37-47-28)22-15-32(42-3)34(44-5)33(16-22)43-4)14-30(27)45-12-7-13-46-31-19-26-24(17-29(31)41-2)35(39)38-11-6-8-23(38)20-36-26/h9-10,14-17,19-20,23,28H,6-8,11-13,18H2,1-5H3/t23-,28?/m0/s1. The second-order valence-electron chi connectivity index (χ2n) is 11.2. The highest BCUT2D eigenvalue weighted by Gasteiger charge is 2.33. The number of hydrogen-bond donors (Lipinski definition) is 0. The zero-order chi connectivity index (χ0) is 32.9. The molecule has 0 bridgehead atoms. The van der Waals surface area contributed by atoms with E-state index >= 15 is 0 Å². The van der Waals surface area contributed by atoms with Crippen molar-refractivity contribution in [2.24, 2.45) is 10.1 Å². The summed E-state index contributed by atoms with van der Waals surface area (Å²) in [6.45, 7) is 1.47. The highest BCUT2D eigenvalue weighted by atomic mass is 16.6. The van der Waals surface area contributed by atoms with Crippen LogP contribution in [0.4, 0.5) is 5.69 Å². The van der Waals surface area contributed by atoms with Crippen LogP contribution in [0.15, 0.2) is 52.6 Å². The number of carbonyl (C=O) groups is 1. The molecule has 0 saturated carbocycles.